The van der Waals surface area contributed by atoms with Crippen molar-refractivity contribution in [2.75, 3.05) is 0 Å². The summed E-state index contributed by atoms with van der Waals surface area (Å²) in [5, 5.41) is 1.20. The van der Waals surface area contributed by atoms with Gasteiger partial charge in [-0.25, -0.2) is 9.97 Å². The molecular formula is C13H19N3S. The Morgan fingerprint density at radius 3 is 2.88 bits per heavy atom. The molecule has 0 aliphatic rings. The van der Waals surface area contributed by atoms with Gasteiger partial charge in [0.15, 0.2) is 0 Å². The van der Waals surface area contributed by atoms with Crippen molar-refractivity contribution < 1.29 is 0 Å². The van der Waals surface area contributed by atoms with E-state index in [2.05, 4.69) is 29.9 Å². The predicted octanol–water partition coefficient (Wildman–Crippen LogP) is 2.92. The zero-order valence-electron chi connectivity index (χ0n) is 10.4. The average Bonchev–Trinajstić information content (AvgIpc) is 2.73. The van der Waals surface area contributed by atoms with Crippen molar-refractivity contribution >= 4 is 21.6 Å². The molecule has 0 saturated heterocycles. The summed E-state index contributed by atoms with van der Waals surface area (Å²) in [7, 11) is 0. The molecule has 2 aromatic rings. The van der Waals surface area contributed by atoms with Gasteiger partial charge in [-0.1, -0.05) is 20.3 Å². The van der Waals surface area contributed by atoms with E-state index >= 15 is 0 Å². The van der Waals surface area contributed by atoms with Gasteiger partial charge in [-0.3, -0.25) is 0 Å². The average molecular weight is 249 g/mol. The van der Waals surface area contributed by atoms with E-state index in [0.29, 0.717) is 0 Å². The van der Waals surface area contributed by atoms with Crippen LogP contribution >= 0.6 is 11.3 Å². The standard InChI is InChI=1S/C13H19N3S/c1-3-5-9(14)6-12-11-7-10(4-2)17-13(11)16-8-15-12/h7-9H,3-6,14H2,1-2H3. The van der Waals surface area contributed by atoms with E-state index in [0.717, 1.165) is 36.2 Å². The molecule has 1 unspecified atom stereocenters. The van der Waals surface area contributed by atoms with Gasteiger partial charge >= 0.3 is 0 Å². The maximum atomic E-state index is 6.09. The summed E-state index contributed by atoms with van der Waals surface area (Å²) in [6.45, 7) is 4.33. The number of fused-ring (bicyclic) bond motifs is 1. The normalized spacial score (nSPS) is 13.1. The van der Waals surface area contributed by atoms with Gasteiger partial charge in [0.1, 0.15) is 11.2 Å². The van der Waals surface area contributed by atoms with Crippen molar-refractivity contribution in [1.82, 2.24) is 9.97 Å². The molecule has 0 bridgehead atoms. The number of hydrogen-bond donors (Lipinski definition) is 1. The Morgan fingerprint density at radius 1 is 1.35 bits per heavy atom. The lowest BCUT2D eigenvalue weighted by Crippen LogP contribution is -2.22. The summed E-state index contributed by atoms with van der Waals surface area (Å²) in [5.41, 5.74) is 7.19. The summed E-state index contributed by atoms with van der Waals surface area (Å²) in [6.07, 6.45) is 5.75. The third-order valence-electron chi connectivity index (χ3n) is 2.93. The fraction of sp³-hybridized carbons (Fsp3) is 0.538. The summed E-state index contributed by atoms with van der Waals surface area (Å²) in [4.78, 5) is 11.2. The van der Waals surface area contributed by atoms with Gasteiger partial charge in [0, 0.05) is 22.7 Å². The van der Waals surface area contributed by atoms with E-state index in [9.17, 15) is 0 Å². The number of hydrogen-bond acceptors (Lipinski definition) is 4. The molecule has 0 aliphatic carbocycles. The summed E-state index contributed by atoms with van der Waals surface area (Å²) < 4.78 is 0. The highest BCUT2D eigenvalue weighted by Crippen LogP contribution is 2.26. The Balaban J connectivity index is 2.30. The number of nitrogens with zero attached hydrogens (tertiary/aromatic N) is 2. The van der Waals surface area contributed by atoms with E-state index in [1.54, 1.807) is 17.7 Å². The van der Waals surface area contributed by atoms with Crippen molar-refractivity contribution in [1.29, 1.82) is 0 Å². The molecule has 2 rings (SSSR count). The molecule has 2 heterocycles. The Bertz CT molecular complexity index is 492. The zero-order valence-corrected chi connectivity index (χ0v) is 11.3. The lowest BCUT2D eigenvalue weighted by molar-refractivity contribution is 0.595. The van der Waals surface area contributed by atoms with Crippen LogP contribution in [0.2, 0.25) is 0 Å². The van der Waals surface area contributed by atoms with E-state index in [4.69, 9.17) is 5.73 Å². The van der Waals surface area contributed by atoms with Crippen LogP contribution in [-0.2, 0) is 12.8 Å². The summed E-state index contributed by atoms with van der Waals surface area (Å²) in [5.74, 6) is 0. The molecule has 3 nitrogen and oxygen atoms in total. The predicted molar refractivity (Wildman–Crippen MR) is 73.4 cm³/mol. The van der Waals surface area contributed by atoms with Crippen molar-refractivity contribution in [3.8, 4) is 0 Å². The molecule has 0 fully saturated rings. The second-order valence-corrected chi connectivity index (χ2v) is 5.47. The highest BCUT2D eigenvalue weighted by molar-refractivity contribution is 7.18. The van der Waals surface area contributed by atoms with Gasteiger partial charge in [0.05, 0.1) is 5.69 Å². The van der Waals surface area contributed by atoms with Gasteiger partial charge in [-0.2, -0.15) is 0 Å². The second-order valence-electron chi connectivity index (χ2n) is 4.36. The first-order valence-electron chi connectivity index (χ1n) is 6.22. The highest BCUT2D eigenvalue weighted by Gasteiger charge is 2.11. The lowest BCUT2D eigenvalue weighted by atomic mass is 10.1. The number of aromatic nitrogens is 2. The van der Waals surface area contributed by atoms with Gasteiger partial charge in [-0.05, 0) is 18.9 Å². The van der Waals surface area contributed by atoms with Crippen LogP contribution in [0, 0.1) is 0 Å². The van der Waals surface area contributed by atoms with Crippen molar-refractivity contribution in [2.24, 2.45) is 5.73 Å². The highest BCUT2D eigenvalue weighted by atomic mass is 32.1. The van der Waals surface area contributed by atoms with Crippen LogP contribution in [0.4, 0.5) is 0 Å². The molecule has 0 aromatic carbocycles. The molecule has 2 aromatic heterocycles. The van der Waals surface area contributed by atoms with Crippen molar-refractivity contribution in [3.63, 3.8) is 0 Å². The van der Waals surface area contributed by atoms with Crippen LogP contribution in [0.1, 0.15) is 37.3 Å². The quantitative estimate of drug-likeness (QED) is 0.886. The number of rotatable bonds is 5. The SMILES string of the molecule is CCCC(N)Cc1ncnc2sc(CC)cc12. The Hall–Kier alpha value is -1.00. The molecule has 0 spiro atoms. The monoisotopic (exact) mass is 249 g/mol. The Morgan fingerprint density at radius 2 is 2.18 bits per heavy atom. The van der Waals surface area contributed by atoms with Gasteiger partial charge in [0.25, 0.3) is 0 Å². The largest absolute Gasteiger partial charge is 0.327 e. The minimum absolute atomic E-state index is 0.211. The molecule has 0 saturated carbocycles. The molecule has 0 radical (unpaired) electrons. The first-order valence-corrected chi connectivity index (χ1v) is 7.04. The molecule has 1 atom stereocenters. The van der Waals surface area contributed by atoms with Crippen LogP contribution in [0.15, 0.2) is 12.4 Å². The first kappa shape index (κ1) is 12.5. The van der Waals surface area contributed by atoms with Gasteiger partial charge < -0.3 is 5.73 Å². The Kier molecular flexibility index (Phi) is 4.07. The Labute approximate surface area is 106 Å². The van der Waals surface area contributed by atoms with Crippen LogP contribution in [0.5, 0.6) is 0 Å². The summed E-state index contributed by atoms with van der Waals surface area (Å²) in [6, 6.07) is 2.43. The minimum Gasteiger partial charge on any atom is -0.327 e. The number of thiophene rings is 1. The van der Waals surface area contributed by atoms with E-state index in [1.165, 1.54) is 10.3 Å². The molecule has 92 valence electrons. The van der Waals surface area contributed by atoms with Crippen LogP contribution < -0.4 is 5.73 Å². The zero-order chi connectivity index (χ0) is 12.3. The number of nitrogens with two attached hydrogens (primary N) is 1. The maximum Gasteiger partial charge on any atom is 0.127 e. The maximum absolute atomic E-state index is 6.09. The van der Waals surface area contributed by atoms with Crippen molar-refractivity contribution in [2.45, 2.75) is 45.6 Å². The van der Waals surface area contributed by atoms with E-state index in [1.807, 2.05) is 0 Å². The van der Waals surface area contributed by atoms with Crippen LogP contribution in [0.25, 0.3) is 10.2 Å². The minimum atomic E-state index is 0.211. The van der Waals surface area contributed by atoms with Crippen molar-refractivity contribution in [3.05, 3.63) is 23.0 Å². The molecule has 2 N–H and O–H groups in total. The van der Waals surface area contributed by atoms with Gasteiger partial charge in [0.2, 0.25) is 0 Å². The fourth-order valence-corrected chi connectivity index (χ4v) is 2.97. The summed E-state index contributed by atoms with van der Waals surface area (Å²) >= 11 is 1.76. The van der Waals surface area contributed by atoms with E-state index in [-0.39, 0.29) is 6.04 Å². The molecule has 4 heteroatoms. The topological polar surface area (TPSA) is 51.8 Å². The first-order chi connectivity index (χ1) is 8.24. The molecule has 0 amide bonds. The second kappa shape index (κ2) is 5.56. The van der Waals surface area contributed by atoms with Crippen LogP contribution in [0.3, 0.4) is 0 Å². The van der Waals surface area contributed by atoms with Gasteiger partial charge in [-0.15, -0.1) is 11.3 Å². The fourth-order valence-electron chi connectivity index (χ4n) is 2.01. The molecular weight excluding hydrogens is 230 g/mol. The van der Waals surface area contributed by atoms with Crippen LogP contribution in [-0.4, -0.2) is 16.0 Å². The van der Waals surface area contributed by atoms with E-state index < -0.39 is 0 Å². The molecule has 0 aliphatic heterocycles. The number of aryl methyl sites for hydroxylation is 1. The third kappa shape index (κ3) is 2.82. The lowest BCUT2D eigenvalue weighted by Gasteiger charge is -2.09. The molecule has 17 heavy (non-hydrogen) atoms. The third-order valence-corrected chi connectivity index (χ3v) is 4.11. The smallest absolute Gasteiger partial charge is 0.127 e.